The van der Waals surface area contributed by atoms with Gasteiger partial charge in [0.15, 0.2) is 0 Å². The Morgan fingerprint density at radius 2 is 1.90 bits per heavy atom. The van der Waals surface area contributed by atoms with Gasteiger partial charge >= 0.3 is 5.69 Å². The summed E-state index contributed by atoms with van der Waals surface area (Å²) in [6.45, 7) is 4.20. The number of nitrogens with one attached hydrogen (secondary N) is 2. The van der Waals surface area contributed by atoms with Crippen LogP contribution >= 0.6 is 0 Å². The summed E-state index contributed by atoms with van der Waals surface area (Å²) in [6, 6.07) is 6.62. The van der Waals surface area contributed by atoms with Crippen molar-refractivity contribution in [3.8, 4) is 0 Å². The Morgan fingerprint density at radius 1 is 1.13 bits per heavy atom. The van der Waals surface area contributed by atoms with Gasteiger partial charge in [0.25, 0.3) is 0 Å². The maximum absolute atomic E-state index is 13.0. The van der Waals surface area contributed by atoms with Crippen LogP contribution in [0.4, 0.5) is 5.69 Å². The highest BCUT2D eigenvalue weighted by Crippen LogP contribution is 2.35. The first kappa shape index (κ1) is 20.3. The van der Waals surface area contributed by atoms with E-state index >= 15 is 0 Å². The van der Waals surface area contributed by atoms with Crippen molar-refractivity contribution < 1.29 is 9.59 Å². The summed E-state index contributed by atoms with van der Waals surface area (Å²) in [4.78, 5) is 41.9. The molecule has 0 radical (unpaired) electrons. The second-order valence-corrected chi connectivity index (χ2v) is 8.99. The topological polar surface area (TPSA) is 91.6 Å². The van der Waals surface area contributed by atoms with E-state index in [9.17, 15) is 14.4 Å². The van der Waals surface area contributed by atoms with Gasteiger partial charge in [-0.15, -0.1) is 0 Å². The minimum absolute atomic E-state index is 0.223. The van der Waals surface area contributed by atoms with Crippen LogP contribution < -0.4 is 21.2 Å². The van der Waals surface area contributed by atoms with Gasteiger partial charge in [-0.05, 0) is 51.1 Å². The number of rotatable bonds is 6. The predicted molar refractivity (Wildman–Crippen MR) is 118 cm³/mol. The van der Waals surface area contributed by atoms with Crippen LogP contribution in [0.3, 0.4) is 0 Å². The number of aromatic nitrogens is 2. The van der Waals surface area contributed by atoms with Gasteiger partial charge in [0, 0.05) is 50.9 Å². The van der Waals surface area contributed by atoms with E-state index in [0.717, 1.165) is 42.9 Å². The van der Waals surface area contributed by atoms with Crippen LogP contribution in [0.25, 0.3) is 11.0 Å². The number of piperidine rings is 2. The SMILES string of the molecule is CNCCCN1C2CC1CN(c1ccc3c(c1)n(C)c(=O)n3[C@@H]1CCC(=O)NC1=O)C2. The zero-order chi connectivity index (χ0) is 21.7. The molecule has 6 rings (SSSR count). The van der Waals surface area contributed by atoms with Gasteiger partial charge in [-0.1, -0.05) is 0 Å². The molecule has 166 valence electrons. The van der Waals surface area contributed by atoms with Crippen molar-refractivity contribution in [3.05, 3.63) is 28.7 Å². The fourth-order valence-electron chi connectivity index (χ4n) is 5.48. The molecular formula is C22H30N6O3. The number of hydrogen-bond acceptors (Lipinski definition) is 6. The summed E-state index contributed by atoms with van der Waals surface area (Å²) in [5.74, 6) is -0.676. The standard InChI is InChI=1S/C22H30N6O3/c1-23-8-3-9-27-15-10-16(27)13-26(12-15)14-4-5-17-19(11-14)25(2)22(31)28(17)18-6-7-20(29)24-21(18)30/h4-5,11,15-16,18,23H,3,6-10,12-13H2,1-2H3,(H,24,29,30)/t15?,16?,18-/m1/s1. The quantitative estimate of drug-likeness (QED) is 0.506. The number of piperazine rings is 1. The molecule has 2 bridgehead atoms. The molecule has 31 heavy (non-hydrogen) atoms. The smallest absolute Gasteiger partial charge is 0.329 e. The van der Waals surface area contributed by atoms with Crippen LogP contribution in [-0.4, -0.2) is 71.2 Å². The molecule has 2 amide bonds. The van der Waals surface area contributed by atoms with E-state index in [2.05, 4.69) is 32.6 Å². The minimum Gasteiger partial charge on any atom is -0.368 e. The Labute approximate surface area is 181 Å². The molecule has 4 aliphatic heterocycles. The van der Waals surface area contributed by atoms with E-state index in [1.165, 1.54) is 17.4 Å². The number of amides is 2. The number of hydrogen-bond donors (Lipinski definition) is 2. The predicted octanol–water partition coefficient (Wildman–Crippen LogP) is 0.190. The highest BCUT2D eigenvalue weighted by atomic mass is 16.2. The molecule has 0 aliphatic carbocycles. The molecule has 9 heteroatoms. The first-order chi connectivity index (χ1) is 15.0. The number of benzene rings is 1. The lowest BCUT2D eigenvalue weighted by molar-refractivity contribution is -0.135. The average molecular weight is 427 g/mol. The van der Waals surface area contributed by atoms with Crippen LogP contribution in [-0.2, 0) is 16.6 Å². The fraction of sp³-hybridized carbons (Fsp3) is 0.591. The molecule has 4 aliphatic rings. The zero-order valence-corrected chi connectivity index (χ0v) is 18.1. The number of anilines is 1. The average Bonchev–Trinajstić information content (AvgIpc) is 3.01. The van der Waals surface area contributed by atoms with E-state index in [0.29, 0.717) is 18.5 Å². The molecule has 3 atom stereocenters. The van der Waals surface area contributed by atoms with E-state index < -0.39 is 11.9 Å². The summed E-state index contributed by atoms with van der Waals surface area (Å²) in [5.41, 5.74) is 2.45. The van der Waals surface area contributed by atoms with Crippen LogP contribution in [0.15, 0.2) is 23.0 Å². The maximum atomic E-state index is 13.0. The van der Waals surface area contributed by atoms with Gasteiger partial charge in [-0.2, -0.15) is 0 Å². The number of carbonyl (C=O) groups is 2. The first-order valence-electron chi connectivity index (χ1n) is 11.2. The van der Waals surface area contributed by atoms with Crippen molar-refractivity contribution in [2.45, 2.75) is 43.8 Å². The number of carbonyl (C=O) groups excluding carboxylic acids is 2. The summed E-state index contributed by atoms with van der Waals surface area (Å²) in [5, 5.41) is 5.58. The number of imidazole rings is 1. The maximum Gasteiger partial charge on any atom is 0.329 e. The molecule has 1 aromatic heterocycles. The molecular weight excluding hydrogens is 396 g/mol. The van der Waals surface area contributed by atoms with E-state index in [1.807, 2.05) is 13.1 Å². The van der Waals surface area contributed by atoms with Crippen molar-refractivity contribution >= 4 is 28.5 Å². The van der Waals surface area contributed by atoms with Crippen molar-refractivity contribution in [3.63, 3.8) is 0 Å². The summed E-state index contributed by atoms with van der Waals surface area (Å²) in [7, 11) is 3.74. The lowest BCUT2D eigenvalue weighted by Crippen LogP contribution is -2.68. The molecule has 4 saturated heterocycles. The van der Waals surface area contributed by atoms with Crippen molar-refractivity contribution in [1.82, 2.24) is 24.7 Å². The summed E-state index contributed by atoms with van der Waals surface area (Å²) < 4.78 is 3.15. The monoisotopic (exact) mass is 426 g/mol. The lowest BCUT2D eigenvalue weighted by Gasteiger charge is -2.57. The van der Waals surface area contributed by atoms with Gasteiger partial charge in [0.2, 0.25) is 11.8 Å². The summed E-state index contributed by atoms with van der Waals surface area (Å²) >= 11 is 0. The Bertz CT molecular complexity index is 1080. The molecule has 2 aromatic rings. The van der Waals surface area contributed by atoms with E-state index in [-0.39, 0.29) is 18.0 Å². The Kier molecular flexibility index (Phi) is 5.10. The zero-order valence-electron chi connectivity index (χ0n) is 18.1. The number of nitrogens with zero attached hydrogens (tertiary/aromatic N) is 4. The van der Waals surface area contributed by atoms with Gasteiger partial charge in [0.1, 0.15) is 6.04 Å². The minimum atomic E-state index is -0.645. The number of fused-ring (bicyclic) bond motifs is 3. The Balaban J connectivity index is 1.38. The molecule has 1 aromatic carbocycles. The molecule has 9 nitrogen and oxygen atoms in total. The molecule has 4 fully saturated rings. The van der Waals surface area contributed by atoms with Crippen LogP contribution in [0.5, 0.6) is 0 Å². The highest BCUT2D eigenvalue weighted by Gasteiger charge is 2.44. The Morgan fingerprint density at radius 3 is 2.61 bits per heavy atom. The second-order valence-electron chi connectivity index (χ2n) is 8.99. The second kappa shape index (κ2) is 7.80. The highest BCUT2D eigenvalue weighted by molar-refractivity contribution is 6.00. The molecule has 5 heterocycles. The molecule has 0 spiro atoms. The van der Waals surface area contributed by atoms with Gasteiger partial charge in [-0.3, -0.25) is 28.9 Å². The van der Waals surface area contributed by atoms with Crippen LogP contribution in [0.2, 0.25) is 0 Å². The van der Waals surface area contributed by atoms with Gasteiger partial charge < -0.3 is 10.2 Å². The van der Waals surface area contributed by atoms with E-state index in [4.69, 9.17) is 0 Å². The molecule has 2 N–H and O–H groups in total. The number of aryl methyl sites for hydroxylation is 1. The largest absolute Gasteiger partial charge is 0.368 e. The van der Waals surface area contributed by atoms with Crippen LogP contribution in [0, 0.1) is 0 Å². The molecule has 0 saturated carbocycles. The lowest BCUT2D eigenvalue weighted by atomic mass is 9.87. The first-order valence-corrected chi connectivity index (χ1v) is 11.2. The molecule has 2 unspecified atom stereocenters. The van der Waals surface area contributed by atoms with Crippen molar-refractivity contribution in [1.29, 1.82) is 0 Å². The van der Waals surface area contributed by atoms with Crippen molar-refractivity contribution in [2.75, 3.05) is 38.1 Å². The van der Waals surface area contributed by atoms with Gasteiger partial charge in [-0.25, -0.2) is 4.79 Å². The van der Waals surface area contributed by atoms with E-state index in [1.54, 1.807) is 11.6 Å². The van der Waals surface area contributed by atoms with Crippen molar-refractivity contribution in [2.24, 2.45) is 7.05 Å². The fourth-order valence-corrected chi connectivity index (χ4v) is 5.48. The summed E-state index contributed by atoms with van der Waals surface area (Å²) in [6.07, 6.45) is 3.04. The van der Waals surface area contributed by atoms with Gasteiger partial charge in [0.05, 0.1) is 11.0 Å². The normalized spacial score (nSPS) is 26.3. The Hall–Kier alpha value is -2.65. The third-order valence-electron chi connectivity index (χ3n) is 7.15. The third kappa shape index (κ3) is 3.36. The van der Waals surface area contributed by atoms with Crippen LogP contribution in [0.1, 0.15) is 31.7 Å². The number of imide groups is 1. The third-order valence-corrected chi connectivity index (χ3v) is 7.15.